The highest BCUT2D eigenvalue weighted by atomic mass is 127. The summed E-state index contributed by atoms with van der Waals surface area (Å²) in [6.45, 7) is 11.6. The Hall–Kier alpha value is -0.570. The molecule has 0 heterocycles. The summed E-state index contributed by atoms with van der Waals surface area (Å²) >= 11 is 0. The lowest BCUT2D eigenvalue weighted by Crippen LogP contribution is -2.41. The summed E-state index contributed by atoms with van der Waals surface area (Å²) in [5.41, 5.74) is -0.514. The van der Waals surface area contributed by atoms with Gasteiger partial charge in [0.25, 0.3) is 0 Å². The summed E-state index contributed by atoms with van der Waals surface area (Å²) in [4.78, 5) is 16.2. The minimum Gasteiger partial charge on any atom is -0.381 e. The van der Waals surface area contributed by atoms with Gasteiger partial charge in [-0.25, -0.2) is 0 Å². The van der Waals surface area contributed by atoms with Crippen molar-refractivity contribution in [3.05, 3.63) is 0 Å². The van der Waals surface area contributed by atoms with Crippen LogP contribution in [0.4, 0.5) is 0 Å². The van der Waals surface area contributed by atoms with Crippen LogP contribution < -0.4 is 16.0 Å². The molecule has 0 rings (SSSR count). The molecule has 0 unspecified atom stereocenters. The topological polar surface area (TPSA) is 74.8 Å². The highest BCUT2D eigenvalue weighted by Crippen LogP contribution is 2.15. The molecule has 0 atom stereocenters. The Morgan fingerprint density at radius 2 is 1.78 bits per heavy atom. The average molecular weight is 442 g/mol. The van der Waals surface area contributed by atoms with Gasteiger partial charge in [-0.15, -0.1) is 24.0 Å². The number of rotatable bonds is 11. The summed E-state index contributed by atoms with van der Waals surface area (Å²) < 4.78 is 5.52. The van der Waals surface area contributed by atoms with Crippen molar-refractivity contribution in [3.8, 4) is 0 Å². The Bertz CT molecular complexity index is 336. The maximum absolute atomic E-state index is 11.8. The Kier molecular flexibility index (Phi) is 16.1. The number of guanidine groups is 1. The number of ether oxygens (including phenoxy) is 1. The molecule has 3 N–H and O–H groups in total. The second kappa shape index (κ2) is 15.0. The van der Waals surface area contributed by atoms with Crippen LogP contribution in [0.1, 0.15) is 47.0 Å². The van der Waals surface area contributed by atoms with Crippen LogP contribution in [0.25, 0.3) is 0 Å². The molecule has 0 saturated carbocycles. The number of carbonyl (C=O) groups is 1. The van der Waals surface area contributed by atoms with Crippen molar-refractivity contribution in [2.24, 2.45) is 10.4 Å². The zero-order valence-electron chi connectivity index (χ0n) is 15.3. The summed E-state index contributed by atoms with van der Waals surface area (Å²) in [5.74, 6) is 0.740. The van der Waals surface area contributed by atoms with E-state index in [0.717, 1.165) is 51.5 Å². The van der Waals surface area contributed by atoms with E-state index in [4.69, 9.17) is 4.74 Å². The fourth-order valence-electron chi connectivity index (χ4n) is 1.76. The van der Waals surface area contributed by atoms with Crippen LogP contribution in [-0.2, 0) is 9.53 Å². The van der Waals surface area contributed by atoms with E-state index in [2.05, 4.69) is 27.9 Å². The highest BCUT2D eigenvalue weighted by molar-refractivity contribution is 14.0. The lowest BCUT2D eigenvalue weighted by molar-refractivity contribution is -0.128. The van der Waals surface area contributed by atoms with Gasteiger partial charge in [0.15, 0.2) is 5.96 Å². The van der Waals surface area contributed by atoms with Gasteiger partial charge >= 0.3 is 0 Å². The van der Waals surface area contributed by atoms with Gasteiger partial charge in [-0.2, -0.15) is 0 Å². The van der Waals surface area contributed by atoms with Gasteiger partial charge < -0.3 is 20.7 Å². The first-order valence-corrected chi connectivity index (χ1v) is 8.30. The number of unbranched alkanes of at least 4 members (excludes halogenated alkanes) is 1. The van der Waals surface area contributed by atoms with Gasteiger partial charge in [0.1, 0.15) is 0 Å². The summed E-state index contributed by atoms with van der Waals surface area (Å²) in [6.07, 6.45) is 3.22. The molecule has 23 heavy (non-hydrogen) atoms. The summed E-state index contributed by atoms with van der Waals surface area (Å²) in [7, 11) is 1.65. The van der Waals surface area contributed by atoms with Crippen LogP contribution in [-0.4, -0.2) is 51.8 Å². The van der Waals surface area contributed by atoms with Crippen molar-refractivity contribution in [3.63, 3.8) is 0 Å². The number of amides is 1. The minimum absolute atomic E-state index is 0. The molecule has 0 spiro atoms. The molecule has 0 aliphatic rings. The molecule has 1 amide bonds. The molecule has 0 aliphatic carbocycles. The van der Waals surface area contributed by atoms with Crippen molar-refractivity contribution >= 4 is 35.8 Å². The summed E-state index contributed by atoms with van der Waals surface area (Å²) in [6, 6.07) is 0. The maximum atomic E-state index is 11.8. The number of aliphatic imine (C=N–C) groups is 1. The second-order valence-corrected chi connectivity index (χ2v) is 5.90. The zero-order chi connectivity index (χ0) is 16.8. The van der Waals surface area contributed by atoms with Crippen molar-refractivity contribution in [2.75, 3.05) is 39.9 Å². The van der Waals surface area contributed by atoms with Crippen LogP contribution >= 0.6 is 24.0 Å². The summed E-state index contributed by atoms with van der Waals surface area (Å²) in [5, 5.41) is 9.13. The Morgan fingerprint density at radius 3 is 2.35 bits per heavy atom. The molecule has 0 bridgehead atoms. The largest absolute Gasteiger partial charge is 0.381 e. The molecule has 0 aromatic carbocycles. The normalized spacial score (nSPS) is 11.6. The van der Waals surface area contributed by atoms with E-state index in [9.17, 15) is 4.79 Å². The lowest BCUT2D eigenvalue weighted by Gasteiger charge is -2.21. The van der Waals surface area contributed by atoms with Gasteiger partial charge in [-0.1, -0.05) is 13.3 Å². The van der Waals surface area contributed by atoms with Crippen LogP contribution in [0.5, 0.6) is 0 Å². The predicted molar refractivity (Wildman–Crippen MR) is 108 cm³/mol. The molecular weight excluding hydrogens is 407 g/mol. The third-order valence-corrected chi connectivity index (χ3v) is 3.22. The van der Waals surface area contributed by atoms with Gasteiger partial charge in [0.2, 0.25) is 5.91 Å². The van der Waals surface area contributed by atoms with E-state index < -0.39 is 5.41 Å². The van der Waals surface area contributed by atoms with Gasteiger partial charge in [0.05, 0.1) is 12.0 Å². The van der Waals surface area contributed by atoms with E-state index in [0.29, 0.717) is 6.54 Å². The third kappa shape index (κ3) is 12.5. The molecule has 6 nitrogen and oxygen atoms in total. The molecule has 7 heteroatoms. The van der Waals surface area contributed by atoms with Gasteiger partial charge in [-0.3, -0.25) is 9.79 Å². The Morgan fingerprint density at radius 1 is 1.13 bits per heavy atom. The van der Waals surface area contributed by atoms with E-state index in [-0.39, 0.29) is 29.9 Å². The van der Waals surface area contributed by atoms with Crippen molar-refractivity contribution in [1.82, 2.24) is 16.0 Å². The molecule has 0 radical (unpaired) electrons. The molecule has 0 fully saturated rings. The molecule has 0 aromatic heterocycles. The number of nitrogens with zero attached hydrogens (tertiary/aromatic N) is 1. The molecular formula is C16H35IN4O2. The van der Waals surface area contributed by atoms with Crippen LogP contribution in [0.15, 0.2) is 4.99 Å². The maximum Gasteiger partial charge on any atom is 0.227 e. The van der Waals surface area contributed by atoms with E-state index >= 15 is 0 Å². The SMILES string of the molecule is CCCCOCCCNC(=NCC(C)(C)C(=O)NC)NCC.I. The van der Waals surface area contributed by atoms with E-state index in [1.165, 1.54) is 0 Å². The van der Waals surface area contributed by atoms with Gasteiger partial charge in [0, 0.05) is 33.4 Å². The van der Waals surface area contributed by atoms with E-state index in [1.807, 2.05) is 20.8 Å². The monoisotopic (exact) mass is 442 g/mol. The fraction of sp³-hybridized carbons (Fsp3) is 0.875. The van der Waals surface area contributed by atoms with Crippen molar-refractivity contribution in [1.29, 1.82) is 0 Å². The Balaban J connectivity index is 0. The van der Waals surface area contributed by atoms with Crippen LogP contribution in [0, 0.1) is 5.41 Å². The molecule has 0 aliphatic heterocycles. The first kappa shape index (κ1) is 24.7. The number of hydrogen-bond donors (Lipinski definition) is 3. The third-order valence-electron chi connectivity index (χ3n) is 3.22. The first-order chi connectivity index (χ1) is 10.5. The van der Waals surface area contributed by atoms with Crippen molar-refractivity contribution < 1.29 is 9.53 Å². The highest BCUT2D eigenvalue weighted by Gasteiger charge is 2.26. The quantitative estimate of drug-likeness (QED) is 0.198. The number of nitrogens with one attached hydrogen (secondary N) is 3. The van der Waals surface area contributed by atoms with Crippen LogP contribution in [0.3, 0.4) is 0 Å². The average Bonchev–Trinajstić information content (AvgIpc) is 2.50. The minimum atomic E-state index is -0.514. The number of hydrogen-bond acceptors (Lipinski definition) is 3. The smallest absolute Gasteiger partial charge is 0.227 e. The fourth-order valence-corrected chi connectivity index (χ4v) is 1.76. The number of carbonyl (C=O) groups excluding carboxylic acids is 1. The molecule has 0 aromatic rings. The van der Waals surface area contributed by atoms with Crippen LogP contribution in [0.2, 0.25) is 0 Å². The molecule has 0 saturated heterocycles. The second-order valence-electron chi connectivity index (χ2n) is 5.90. The zero-order valence-corrected chi connectivity index (χ0v) is 17.7. The first-order valence-electron chi connectivity index (χ1n) is 8.30. The molecule has 138 valence electrons. The predicted octanol–water partition coefficient (Wildman–Crippen LogP) is 2.14. The lowest BCUT2D eigenvalue weighted by atomic mass is 9.93. The standard InChI is InChI=1S/C16H34N4O2.HI/c1-6-8-11-22-12-9-10-19-15(18-7-2)20-13-16(3,4)14(21)17-5;/h6-13H2,1-5H3,(H,17,21)(H2,18,19,20);1H. The Labute approximate surface area is 158 Å². The van der Waals surface area contributed by atoms with E-state index in [1.54, 1.807) is 7.05 Å². The van der Waals surface area contributed by atoms with Gasteiger partial charge in [-0.05, 0) is 33.6 Å². The number of halogens is 1. The van der Waals surface area contributed by atoms with Crippen molar-refractivity contribution in [2.45, 2.75) is 47.0 Å².